The van der Waals surface area contributed by atoms with E-state index >= 15 is 0 Å². The summed E-state index contributed by atoms with van der Waals surface area (Å²) in [4.78, 5) is 16.2. The first-order chi connectivity index (χ1) is 11.5. The average molecular weight is 333 g/mol. The Labute approximate surface area is 145 Å². The molecule has 0 aromatic carbocycles. The summed E-state index contributed by atoms with van der Waals surface area (Å²) >= 11 is 0. The van der Waals surface area contributed by atoms with Gasteiger partial charge in [0.2, 0.25) is 0 Å². The zero-order valence-electron chi connectivity index (χ0n) is 14.9. The highest BCUT2D eigenvalue weighted by molar-refractivity contribution is 5.73. The first-order valence-corrected chi connectivity index (χ1v) is 9.01. The Hall–Kier alpha value is -1.62. The molecule has 0 radical (unpaired) electrons. The Morgan fingerprint density at radius 1 is 1.33 bits per heavy atom. The fourth-order valence-corrected chi connectivity index (χ4v) is 3.22. The highest BCUT2D eigenvalue weighted by Gasteiger charge is 2.26. The lowest BCUT2D eigenvalue weighted by Crippen LogP contribution is -2.42. The molecule has 5 heteroatoms. The molecule has 1 atom stereocenters. The van der Waals surface area contributed by atoms with Crippen molar-refractivity contribution in [1.29, 1.82) is 0 Å². The number of carbonyl (C=O) groups is 1. The Morgan fingerprint density at radius 2 is 2.08 bits per heavy atom. The van der Waals surface area contributed by atoms with Crippen molar-refractivity contribution < 1.29 is 9.90 Å². The number of nitrogens with zero attached hydrogens (tertiary/aromatic N) is 1. The van der Waals surface area contributed by atoms with Crippen LogP contribution in [0.5, 0.6) is 0 Å². The predicted octanol–water partition coefficient (Wildman–Crippen LogP) is 2.75. The van der Waals surface area contributed by atoms with Gasteiger partial charge in [0, 0.05) is 37.5 Å². The van der Waals surface area contributed by atoms with E-state index in [1.807, 2.05) is 18.2 Å². The van der Waals surface area contributed by atoms with Crippen LogP contribution in [0, 0.1) is 17.3 Å². The quantitative estimate of drug-likeness (QED) is 0.718. The number of nitrogens with one attached hydrogen (secondary N) is 2. The standard InChI is InChI=1S/C19H31N3O2/c1-19(2)8-6-15(7-9-19)12-21-18(24)22-13-16(14-23)11-17-5-3-4-10-20-17/h3-5,10,15-16,23H,6-9,11-14H2,1-2H3,(H2,21,22,24). The number of carbonyl (C=O) groups excluding carboxylic acids is 1. The summed E-state index contributed by atoms with van der Waals surface area (Å²) in [6, 6.07) is 5.60. The van der Waals surface area contributed by atoms with Gasteiger partial charge in [-0.2, -0.15) is 0 Å². The maximum absolute atomic E-state index is 12.0. The normalized spacial score (nSPS) is 18.8. The van der Waals surface area contributed by atoms with Crippen LogP contribution in [0.2, 0.25) is 0 Å². The summed E-state index contributed by atoms with van der Waals surface area (Å²) in [5, 5.41) is 15.3. The molecule has 1 aromatic heterocycles. The van der Waals surface area contributed by atoms with E-state index in [0.717, 1.165) is 12.2 Å². The molecule has 1 saturated carbocycles. The molecule has 1 aliphatic carbocycles. The fraction of sp³-hybridized carbons (Fsp3) is 0.684. The number of pyridine rings is 1. The van der Waals surface area contributed by atoms with Crippen molar-refractivity contribution in [3.05, 3.63) is 30.1 Å². The molecule has 0 spiro atoms. The summed E-state index contributed by atoms with van der Waals surface area (Å²) in [5.41, 5.74) is 1.39. The third-order valence-corrected chi connectivity index (χ3v) is 5.04. The van der Waals surface area contributed by atoms with Crippen molar-refractivity contribution in [3.63, 3.8) is 0 Å². The minimum atomic E-state index is -0.140. The number of aliphatic hydroxyl groups excluding tert-OH is 1. The van der Waals surface area contributed by atoms with E-state index in [0.29, 0.717) is 24.3 Å². The highest BCUT2D eigenvalue weighted by atomic mass is 16.3. The van der Waals surface area contributed by atoms with E-state index in [-0.39, 0.29) is 18.6 Å². The maximum Gasteiger partial charge on any atom is 0.314 e. The molecule has 1 fully saturated rings. The van der Waals surface area contributed by atoms with Gasteiger partial charge in [0.25, 0.3) is 0 Å². The van der Waals surface area contributed by atoms with E-state index in [1.54, 1.807) is 6.20 Å². The second-order valence-corrected chi connectivity index (χ2v) is 7.77. The van der Waals surface area contributed by atoms with Gasteiger partial charge in [-0.25, -0.2) is 4.79 Å². The lowest BCUT2D eigenvalue weighted by Gasteiger charge is -2.34. The van der Waals surface area contributed by atoms with Crippen LogP contribution in [0.15, 0.2) is 24.4 Å². The lowest BCUT2D eigenvalue weighted by molar-refractivity contribution is 0.186. The zero-order chi connectivity index (χ0) is 17.4. The Balaban J connectivity index is 1.65. The Kier molecular flexibility index (Phi) is 7.03. The van der Waals surface area contributed by atoms with Crippen molar-refractivity contribution in [2.75, 3.05) is 19.7 Å². The minimum Gasteiger partial charge on any atom is -0.396 e. The van der Waals surface area contributed by atoms with Crippen LogP contribution < -0.4 is 10.6 Å². The Bertz CT molecular complexity index is 495. The van der Waals surface area contributed by atoms with Crippen LogP contribution in [0.4, 0.5) is 4.79 Å². The third-order valence-electron chi connectivity index (χ3n) is 5.04. The molecule has 1 aromatic rings. The fourth-order valence-electron chi connectivity index (χ4n) is 3.22. The number of hydrogen-bond donors (Lipinski definition) is 3. The first-order valence-electron chi connectivity index (χ1n) is 9.01. The molecule has 1 aliphatic rings. The van der Waals surface area contributed by atoms with Crippen LogP contribution in [-0.4, -0.2) is 35.8 Å². The van der Waals surface area contributed by atoms with Gasteiger partial charge in [-0.15, -0.1) is 0 Å². The van der Waals surface area contributed by atoms with Crippen LogP contribution >= 0.6 is 0 Å². The zero-order valence-corrected chi connectivity index (χ0v) is 14.9. The molecule has 1 unspecified atom stereocenters. The summed E-state index contributed by atoms with van der Waals surface area (Å²) in [7, 11) is 0. The summed E-state index contributed by atoms with van der Waals surface area (Å²) in [6.45, 7) is 5.87. The monoisotopic (exact) mass is 333 g/mol. The second-order valence-electron chi connectivity index (χ2n) is 7.77. The van der Waals surface area contributed by atoms with Gasteiger partial charge in [0.15, 0.2) is 0 Å². The van der Waals surface area contributed by atoms with Gasteiger partial charge in [-0.05, 0) is 55.6 Å². The molecular weight excluding hydrogens is 302 g/mol. The molecule has 3 N–H and O–H groups in total. The molecule has 24 heavy (non-hydrogen) atoms. The average Bonchev–Trinajstić information content (AvgIpc) is 2.58. The predicted molar refractivity (Wildman–Crippen MR) is 95.7 cm³/mol. The number of rotatable bonds is 7. The molecule has 134 valence electrons. The second kappa shape index (κ2) is 9.02. The SMILES string of the molecule is CC1(C)CCC(CNC(=O)NCC(CO)Cc2ccccn2)CC1. The smallest absolute Gasteiger partial charge is 0.314 e. The van der Waals surface area contributed by atoms with Gasteiger partial charge in [-0.3, -0.25) is 4.98 Å². The van der Waals surface area contributed by atoms with Gasteiger partial charge in [0.1, 0.15) is 0 Å². The number of hydrogen-bond acceptors (Lipinski definition) is 3. The number of aromatic nitrogens is 1. The largest absolute Gasteiger partial charge is 0.396 e. The van der Waals surface area contributed by atoms with Crippen LogP contribution in [0.1, 0.15) is 45.2 Å². The van der Waals surface area contributed by atoms with E-state index in [9.17, 15) is 9.90 Å². The Morgan fingerprint density at radius 3 is 2.71 bits per heavy atom. The summed E-state index contributed by atoms with van der Waals surface area (Å²) in [6.07, 6.45) is 7.25. The van der Waals surface area contributed by atoms with E-state index in [1.165, 1.54) is 25.7 Å². The van der Waals surface area contributed by atoms with Crippen molar-refractivity contribution in [2.45, 2.75) is 46.0 Å². The highest BCUT2D eigenvalue weighted by Crippen LogP contribution is 2.37. The van der Waals surface area contributed by atoms with Gasteiger partial charge >= 0.3 is 6.03 Å². The molecule has 5 nitrogen and oxygen atoms in total. The molecule has 0 saturated heterocycles. The van der Waals surface area contributed by atoms with E-state index < -0.39 is 0 Å². The van der Waals surface area contributed by atoms with Crippen molar-refractivity contribution in [2.24, 2.45) is 17.3 Å². The number of amides is 2. The van der Waals surface area contributed by atoms with Crippen LogP contribution in [0.3, 0.4) is 0 Å². The minimum absolute atomic E-state index is 0.0128. The number of aliphatic hydroxyl groups is 1. The third kappa shape index (κ3) is 6.48. The maximum atomic E-state index is 12.0. The molecule has 0 aliphatic heterocycles. The summed E-state index contributed by atoms with van der Waals surface area (Å²) in [5.74, 6) is 0.576. The first kappa shape index (κ1) is 18.7. The van der Waals surface area contributed by atoms with Crippen molar-refractivity contribution >= 4 is 6.03 Å². The molecule has 1 heterocycles. The summed E-state index contributed by atoms with van der Waals surface area (Å²) < 4.78 is 0. The molecule has 2 rings (SSSR count). The van der Waals surface area contributed by atoms with Crippen molar-refractivity contribution in [3.8, 4) is 0 Å². The number of urea groups is 1. The molecular formula is C19H31N3O2. The molecule has 2 amide bonds. The lowest BCUT2D eigenvalue weighted by atomic mass is 9.73. The van der Waals surface area contributed by atoms with Gasteiger partial charge in [-0.1, -0.05) is 19.9 Å². The van der Waals surface area contributed by atoms with E-state index in [4.69, 9.17) is 0 Å². The van der Waals surface area contributed by atoms with Gasteiger partial charge in [0.05, 0.1) is 0 Å². The van der Waals surface area contributed by atoms with E-state index in [2.05, 4.69) is 29.5 Å². The van der Waals surface area contributed by atoms with Gasteiger partial charge < -0.3 is 15.7 Å². The topological polar surface area (TPSA) is 74.2 Å². The van der Waals surface area contributed by atoms with Crippen LogP contribution in [-0.2, 0) is 6.42 Å². The molecule has 0 bridgehead atoms. The van der Waals surface area contributed by atoms with Crippen LogP contribution in [0.25, 0.3) is 0 Å². The van der Waals surface area contributed by atoms with Crippen molar-refractivity contribution in [1.82, 2.24) is 15.6 Å².